The van der Waals surface area contributed by atoms with Gasteiger partial charge in [-0.05, 0) is 36.4 Å². The molecule has 2 rings (SSSR count). The van der Waals surface area contributed by atoms with Crippen molar-refractivity contribution in [2.24, 2.45) is 0 Å². The summed E-state index contributed by atoms with van der Waals surface area (Å²) < 4.78 is 5.08. The average molecular weight is 237 g/mol. The molecule has 0 fully saturated rings. The molecule has 0 aliphatic rings. The first-order chi connectivity index (χ1) is 8.78. The van der Waals surface area contributed by atoms with Crippen molar-refractivity contribution in [2.45, 2.75) is 0 Å². The van der Waals surface area contributed by atoms with Crippen molar-refractivity contribution in [3.63, 3.8) is 0 Å². The lowest BCUT2D eigenvalue weighted by Crippen LogP contribution is -2.07. The van der Waals surface area contributed by atoms with Gasteiger partial charge in [-0.2, -0.15) is 0 Å². The maximum atomic E-state index is 11.6. The molecule has 1 heterocycles. The predicted octanol–water partition coefficient (Wildman–Crippen LogP) is 2.91. The van der Waals surface area contributed by atoms with Crippen LogP contribution in [0.4, 0.5) is 5.69 Å². The Morgan fingerprint density at radius 2 is 2.22 bits per heavy atom. The van der Waals surface area contributed by atoms with E-state index in [2.05, 4.69) is 11.2 Å². The molecular weight excluding hydrogens is 226 g/mol. The van der Waals surface area contributed by atoms with E-state index in [1.807, 2.05) is 0 Å². The molecule has 1 N–H and O–H groups in total. The topological polar surface area (TPSA) is 42.2 Å². The zero-order valence-corrected chi connectivity index (χ0v) is 9.59. The van der Waals surface area contributed by atoms with E-state index in [1.165, 1.54) is 6.08 Å². The number of hydrogen-bond donors (Lipinski definition) is 1. The Morgan fingerprint density at radius 3 is 2.94 bits per heavy atom. The van der Waals surface area contributed by atoms with E-state index < -0.39 is 0 Å². The number of rotatable bonds is 3. The monoisotopic (exact) mass is 237 g/mol. The molecule has 0 aliphatic heterocycles. The lowest BCUT2D eigenvalue weighted by molar-refractivity contribution is -0.111. The fraction of sp³-hybridized carbons (Fsp3) is 0. The third-order valence-corrected chi connectivity index (χ3v) is 2.24. The summed E-state index contributed by atoms with van der Waals surface area (Å²) in [6.45, 7) is 0. The second kappa shape index (κ2) is 5.55. The van der Waals surface area contributed by atoms with Gasteiger partial charge in [0.2, 0.25) is 5.91 Å². The van der Waals surface area contributed by atoms with Gasteiger partial charge in [0.15, 0.2) is 0 Å². The number of benzene rings is 1. The van der Waals surface area contributed by atoms with Gasteiger partial charge in [-0.15, -0.1) is 6.42 Å². The molecule has 3 nitrogen and oxygen atoms in total. The Balaban J connectivity index is 2.01. The van der Waals surface area contributed by atoms with Crippen LogP contribution in [-0.2, 0) is 4.79 Å². The molecular formula is C15H11NO2. The number of carbonyl (C=O) groups excluding carboxylic acids is 1. The summed E-state index contributed by atoms with van der Waals surface area (Å²) in [5.41, 5.74) is 1.39. The van der Waals surface area contributed by atoms with E-state index >= 15 is 0 Å². The van der Waals surface area contributed by atoms with Crippen molar-refractivity contribution in [3.05, 3.63) is 60.1 Å². The Labute approximate surface area is 105 Å². The number of furan rings is 1. The molecule has 88 valence electrons. The second-order valence-corrected chi connectivity index (χ2v) is 3.56. The number of terminal acetylenes is 1. The van der Waals surface area contributed by atoms with E-state index in [9.17, 15) is 4.79 Å². The number of carbonyl (C=O) groups is 1. The molecule has 0 aliphatic carbocycles. The number of hydrogen-bond acceptors (Lipinski definition) is 2. The summed E-state index contributed by atoms with van der Waals surface area (Å²) in [6.07, 6.45) is 9.83. The minimum atomic E-state index is -0.236. The molecule has 0 atom stereocenters. The van der Waals surface area contributed by atoms with Crippen molar-refractivity contribution in [2.75, 3.05) is 5.32 Å². The van der Waals surface area contributed by atoms with Gasteiger partial charge < -0.3 is 9.73 Å². The summed E-state index contributed by atoms with van der Waals surface area (Å²) in [6, 6.07) is 10.6. The summed E-state index contributed by atoms with van der Waals surface area (Å²) in [5, 5.41) is 2.72. The largest absolute Gasteiger partial charge is 0.465 e. The second-order valence-electron chi connectivity index (χ2n) is 3.56. The van der Waals surface area contributed by atoms with Crippen molar-refractivity contribution < 1.29 is 9.21 Å². The lowest BCUT2D eigenvalue weighted by atomic mass is 10.2. The Bertz CT molecular complexity index is 604. The summed E-state index contributed by atoms with van der Waals surface area (Å²) in [5.74, 6) is 2.90. The minimum Gasteiger partial charge on any atom is -0.465 e. The van der Waals surface area contributed by atoms with Crippen LogP contribution >= 0.6 is 0 Å². The van der Waals surface area contributed by atoms with Crippen LogP contribution in [0, 0.1) is 12.3 Å². The first-order valence-corrected chi connectivity index (χ1v) is 5.37. The quantitative estimate of drug-likeness (QED) is 0.658. The van der Waals surface area contributed by atoms with Gasteiger partial charge in [-0.3, -0.25) is 4.79 Å². The zero-order valence-electron chi connectivity index (χ0n) is 9.59. The van der Waals surface area contributed by atoms with E-state index in [0.29, 0.717) is 11.4 Å². The molecule has 1 aromatic carbocycles. The van der Waals surface area contributed by atoms with Crippen LogP contribution in [0.3, 0.4) is 0 Å². The highest BCUT2D eigenvalue weighted by molar-refractivity contribution is 6.01. The van der Waals surface area contributed by atoms with Crippen molar-refractivity contribution in [3.8, 4) is 12.3 Å². The van der Waals surface area contributed by atoms with Gasteiger partial charge in [0.05, 0.1) is 6.26 Å². The van der Waals surface area contributed by atoms with Gasteiger partial charge in [0.25, 0.3) is 0 Å². The number of anilines is 1. The molecule has 0 bridgehead atoms. The van der Waals surface area contributed by atoms with Crippen LogP contribution in [0.5, 0.6) is 0 Å². The van der Waals surface area contributed by atoms with E-state index in [4.69, 9.17) is 10.8 Å². The van der Waals surface area contributed by atoms with Crippen LogP contribution in [0.2, 0.25) is 0 Å². The van der Waals surface area contributed by atoms with Crippen molar-refractivity contribution >= 4 is 17.7 Å². The normalized spacial score (nSPS) is 10.2. The molecule has 0 unspecified atom stereocenters. The van der Waals surface area contributed by atoms with Crippen molar-refractivity contribution in [1.82, 2.24) is 0 Å². The smallest absolute Gasteiger partial charge is 0.248 e. The molecule has 3 heteroatoms. The molecule has 0 spiro atoms. The third kappa shape index (κ3) is 3.13. The van der Waals surface area contributed by atoms with Crippen LogP contribution in [0.25, 0.3) is 6.08 Å². The standard InChI is InChI=1S/C15H11NO2/c1-2-12-5-3-6-13(11-12)16-15(17)9-8-14-7-4-10-18-14/h1,3-11H,(H,16,17). The van der Waals surface area contributed by atoms with E-state index in [-0.39, 0.29) is 5.91 Å². The maximum absolute atomic E-state index is 11.6. The summed E-state index contributed by atoms with van der Waals surface area (Å²) in [4.78, 5) is 11.6. The lowest BCUT2D eigenvalue weighted by Gasteiger charge is -2.01. The molecule has 0 saturated carbocycles. The van der Waals surface area contributed by atoms with Crippen LogP contribution in [0.15, 0.2) is 53.2 Å². The van der Waals surface area contributed by atoms with E-state index in [1.54, 1.807) is 48.7 Å². The molecule has 18 heavy (non-hydrogen) atoms. The van der Waals surface area contributed by atoms with Crippen LogP contribution in [0.1, 0.15) is 11.3 Å². The van der Waals surface area contributed by atoms with E-state index in [0.717, 1.165) is 5.56 Å². The fourth-order valence-electron chi connectivity index (χ4n) is 1.41. The van der Waals surface area contributed by atoms with Gasteiger partial charge in [0.1, 0.15) is 5.76 Å². The first-order valence-electron chi connectivity index (χ1n) is 5.37. The minimum absolute atomic E-state index is 0.236. The highest BCUT2D eigenvalue weighted by atomic mass is 16.3. The van der Waals surface area contributed by atoms with Gasteiger partial charge in [-0.1, -0.05) is 12.0 Å². The number of amides is 1. The molecule has 1 aromatic heterocycles. The van der Waals surface area contributed by atoms with Gasteiger partial charge in [0, 0.05) is 17.3 Å². The predicted molar refractivity (Wildman–Crippen MR) is 70.7 cm³/mol. The van der Waals surface area contributed by atoms with Crippen molar-refractivity contribution in [1.29, 1.82) is 0 Å². The third-order valence-electron chi connectivity index (χ3n) is 2.24. The Morgan fingerprint density at radius 1 is 1.33 bits per heavy atom. The van der Waals surface area contributed by atoms with Crippen LogP contribution < -0.4 is 5.32 Å². The summed E-state index contributed by atoms with van der Waals surface area (Å²) in [7, 11) is 0. The fourth-order valence-corrected chi connectivity index (χ4v) is 1.41. The molecule has 0 radical (unpaired) electrons. The number of nitrogens with one attached hydrogen (secondary N) is 1. The molecule has 0 saturated heterocycles. The maximum Gasteiger partial charge on any atom is 0.248 e. The highest BCUT2D eigenvalue weighted by Crippen LogP contribution is 2.10. The Hall–Kier alpha value is -2.73. The molecule has 2 aromatic rings. The van der Waals surface area contributed by atoms with Crippen LogP contribution in [-0.4, -0.2) is 5.91 Å². The molecule has 1 amide bonds. The summed E-state index contributed by atoms with van der Waals surface area (Å²) >= 11 is 0. The highest BCUT2D eigenvalue weighted by Gasteiger charge is 1.98. The van der Waals surface area contributed by atoms with Gasteiger partial charge >= 0.3 is 0 Å². The van der Waals surface area contributed by atoms with Gasteiger partial charge in [-0.25, -0.2) is 0 Å². The zero-order chi connectivity index (χ0) is 12.8. The average Bonchev–Trinajstić information content (AvgIpc) is 2.90. The SMILES string of the molecule is C#Cc1cccc(NC(=O)C=Cc2ccco2)c1. The Kier molecular flexibility index (Phi) is 3.62. The first kappa shape index (κ1) is 11.7.